The average molecular weight is 444 g/mol. The maximum absolute atomic E-state index is 6.37. The summed E-state index contributed by atoms with van der Waals surface area (Å²) >= 11 is 0. The number of ether oxygens (including phenoxy) is 2. The minimum absolute atomic E-state index is 0.0771. The molecule has 0 aliphatic rings. The van der Waals surface area contributed by atoms with Gasteiger partial charge in [-0.1, -0.05) is 86.0 Å². The number of hydrogen-bond donors (Lipinski definition) is 1. The molecule has 1 aromatic heterocycles. The lowest BCUT2D eigenvalue weighted by Gasteiger charge is -2.16. The molecule has 5 nitrogen and oxygen atoms in total. The van der Waals surface area contributed by atoms with E-state index in [0.717, 1.165) is 42.3 Å². The highest BCUT2D eigenvalue weighted by atomic mass is 16.5. The molecule has 1 aromatic carbocycles. The van der Waals surface area contributed by atoms with Crippen LogP contribution >= 0.6 is 0 Å². The fourth-order valence-electron chi connectivity index (χ4n) is 3.61. The largest absolute Gasteiger partial charge is 0.494 e. The van der Waals surface area contributed by atoms with Crippen molar-refractivity contribution >= 4 is 5.82 Å². The Morgan fingerprint density at radius 3 is 1.97 bits per heavy atom. The molecule has 180 valence electrons. The van der Waals surface area contributed by atoms with Crippen molar-refractivity contribution in [3.63, 3.8) is 0 Å². The summed E-state index contributed by atoms with van der Waals surface area (Å²) in [5.74, 6) is 2.24. The third-order valence-corrected chi connectivity index (χ3v) is 5.69. The van der Waals surface area contributed by atoms with Gasteiger partial charge in [-0.25, -0.2) is 4.68 Å². The summed E-state index contributed by atoms with van der Waals surface area (Å²) in [6.07, 6.45) is 12.2. The number of anilines is 1. The second kappa shape index (κ2) is 13.4. The first-order valence-corrected chi connectivity index (χ1v) is 12.6. The molecule has 32 heavy (non-hydrogen) atoms. The minimum Gasteiger partial charge on any atom is -0.494 e. The van der Waals surface area contributed by atoms with Crippen LogP contribution in [0.15, 0.2) is 24.3 Å². The van der Waals surface area contributed by atoms with Crippen molar-refractivity contribution in [2.24, 2.45) is 0 Å². The normalized spacial score (nSPS) is 11.7. The van der Waals surface area contributed by atoms with Crippen LogP contribution in [0.3, 0.4) is 0 Å². The zero-order valence-corrected chi connectivity index (χ0v) is 21.1. The Morgan fingerprint density at radius 1 is 0.812 bits per heavy atom. The van der Waals surface area contributed by atoms with E-state index in [-0.39, 0.29) is 5.41 Å². The molecule has 0 aliphatic carbocycles. The van der Waals surface area contributed by atoms with Crippen LogP contribution in [0.4, 0.5) is 5.82 Å². The highest BCUT2D eigenvalue weighted by Gasteiger charge is 2.21. The van der Waals surface area contributed by atoms with Crippen LogP contribution in [-0.2, 0) is 5.41 Å². The van der Waals surface area contributed by atoms with Crippen molar-refractivity contribution < 1.29 is 9.47 Å². The summed E-state index contributed by atoms with van der Waals surface area (Å²) in [5.41, 5.74) is 8.10. The monoisotopic (exact) mass is 443 g/mol. The number of benzene rings is 1. The van der Waals surface area contributed by atoms with Gasteiger partial charge in [0.15, 0.2) is 0 Å². The van der Waals surface area contributed by atoms with Gasteiger partial charge in [-0.15, -0.1) is 0 Å². The second-order valence-corrected chi connectivity index (χ2v) is 9.77. The van der Waals surface area contributed by atoms with E-state index in [4.69, 9.17) is 20.3 Å². The zero-order valence-electron chi connectivity index (χ0n) is 21.1. The summed E-state index contributed by atoms with van der Waals surface area (Å²) in [7, 11) is 0. The van der Waals surface area contributed by atoms with E-state index >= 15 is 0 Å². The van der Waals surface area contributed by atoms with Crippen LogP contribution < -0.4 is 15.2 Å². The lowest BCUT2D eigenvalue weighted by molar-refractivity contribution is 0.295. The molecule has 1 heterocycles. The molecule has 5 heteroatoms. The Bertz CT molecular complexity index is 793. The quantitative estimate of drug-likeness (QED) is 0.290. The summed E-state index contributed by atoms with van der Waals surface area (Å²) < 4.78 is 14.0. The first-order chi connectivity index (χ1) is 15.4. The Labute approximate surface area is 195 Å². The molecule has 0 saturated carbocycles. The van der Waals surface area contributed by atoms with Crippen LogP contribution in [0.1, 0.15) is 105 Å². The maximum atomic E-state index is 6.37. The number of nitrogens with two attached hydrogens (primary N) is 1. The van der Waals surface area contributed by atoms with Crippen molar-refractivity contribution in [2.45, 2.75) is 104 Å². The Kier molecular flexibility index (Phi) is 10.9. The molecule has 2 aromatic rings. The van der Waals surface area contributed by atoms with E-state index in [0.29, 0.717) is 12.4 Å². The van der Waals surface area contributed by atoms with Gasteiger partial charge >= 0.3 is 0 Å². The standard InChI is InChI=1S/C27H45N3O2/c1-6-8-10-12-14-18-31-22-16-17-24(32-19-15-13-11-9-7-2)23(20-22)30-26(28)21-25(29-30)27(3,4)5/h16-17,20-21H,6-15,18-19,28H2,1-5H3. The first-order valence-electron chi connectivity index (χ1n) is 12.6. The highest BCUT2D eigenvalue weighted by Crippen LogP contribution is 2.32. The van der Waals surface area contributed by atoms with Gasteiger partial charge in [0, 0.05) is 17.5 Å². The van der Waals surface area contributed by atoms with Gasteiger partial charge in [-0.2, -0.15) is 5.10 Å². The number of nitrogen functional groups attached to an aromatic ring is 1. The number of rotatable bonds is 15. The van der Waals surface area contributed by atoms with Crippen molar-refractivity contribution in [1.82, 2.24) is 9.78 Å². The Balaban J connectivity index is 2.14. The Hall–Kier alpha value is -2.17. The molecule has 0 amide bonds. The molecule has 0 spiro atoms. The predicted octanol–water partition coefficient (Wildman–Crippen LogP) is 7.45. The van der Waals surface area contributed by atoms with Gasteiger partial charge in [0.05, 0.1) is 18.9 Å². The molecular formula is C27H45N3O2. The predicted molar refractivity (Wildman–Crippen MR) is 135 cm³/mol. The van der Waals surface area contributed by atoms with Gasteiger partial charge in [0.2, 0.25) is 0 Å². The second-order valence-electron chi connectivity index (χ2n) is 9.77. The molecular weight excluding hydrogens is 398 g/mol. The van der Waals surface area contributed by atoms with E-state index in [9.17, 15) is 0 Å². The third kappa shape index (κ3) is 8.40. The smallest absolute Gasteiger partial charge is 0.145 e. The molecule has 0 saturated heterocycles. The van der Waals surface area contributed by atoms with E-state index in [1.807, 2.05) is 24.3 Å². The van der Waals surface area contributed by atoms with Crippen molar-refractivity contribution in [3.8, 4) is 17.2 Å². The van der Waals surface area contributed by atoms with Crippen molar-refractivity contribution in [1.29, 1.82) is 0 Å². The highest BCUT2D eigenvalue weighted by molar-refractivity contribution is 5.55. The average Bonchev–Trinajstić information content (AvgIpc) is 3.15. The maximum Gasteiger partial charge on any atom is 0.145 e. The molecule has 0 unspecified atom stereocenters. The van der Waals surface area contributed by atoms with E-state index in [2.05, 4.69) is 34.6 Å². The number of nitrogens with zero attached hydrogens (tertiary/aromatic N) is 2. The SMILES string of the molecule is CCCCCCCOc1ccc(OCCCCCCC)c(-n2nc(C(C)(C)C)cc2N)c1. The topological polar surface area (TPSA) is 62.3 Å². The van der Waals surface area contributed by atoms with Gasteiger partial charge in [-0.3, -0.25) is 0 Å². The van der Waals surface area contributed by atoms with E-state index in [1.54, 1.807) is 4.68 Å². The van der Waals surface area contributed by atoms with E-state index < -0.39 is 0 Å². The third-order valence-electron chi connectivity index (χ3n) is 5.69. The number of hydrogen-bond acceptors (Lipinski definition) is 4. The van der Waals surface area contributed by atoms with Gasteiger partial charge in [-0.05, 0) is 25.0 Å². The molecule has 0 bridgehead atoms. The van der Waals surface area contributed by atoms with Crippen LogP contribution in [0, 0.1) is 0 Å². The van der Waals surface area contributed by atoms with Gasteiger partial charge < -0.3 is 15.2 Å². The number of aromatic nitrogens is 2. The summed E-state index contributed by atoms with van der Waals surface area (Å²) in [5, 5.41) is 4.81. The minimum atomic E-state index is -0.0771. The van der Waals surface area contributed by atoms with Gasteiger partial charge in [0.1, 0.15) is 23.0 Å². The molecule has 0 radical (unpaired) electrons. The lowest BCUT2D eigenvalue weighted by atomic mass is 9.92. The van der Waals surface area contributed by atoms with Crippen LogP contribution in [0.25, 0.3) is 5.69 Å². The first kappa shape index (κ1) is 26.1. The van der Waals surface area contributed by atoms with Crippen LogP contribution in [0.2, 0.25) is 0 Å². The lowest BCUT2D eigenvalue weighted by Crippen LogP contribution is -2.13. The molecule has 0 atom stereocenters. The van der Waals surface area contributed by atoms with Crippen molar-refractivity contribution in [2.75, 3.05) is 18.9 Å². The summed E-state index contributed by atoms with van der Waals surface area (Å²) in [6.45, 7) is 12.3. The number of unbranched alkanes of at least 4 members (excludes halogenated alkanes) is 8. The van der Waals surface area contributed by atoms with Crippen LogP contribution in [0.5, 0.6) is 11.5 Å². The Morgan fingerprint density at radius 2 is 1.41 bits per heavy atom. The van der Waals surface area contributed by atoms with Crippen molar-refractivity contribution in [3.05, 3.63) is 30.0 Å². The van der Waals surface area contributed by atoms with E-state index in [1.165, 1.54) is 51.4 Å². The summed E-state index contributed by atoms with van der Waals surface area (Å²) in [6, 6.07) is 7.95. The fraction of sp³-hybridized carbons (Fsp3) is 0.667. The van der Waals surface area contributed by atoms with Crippen LogP contribution in [-0.4, -0.2) is 23.0 Å². The molecule has 2 rings (SSSR count). The van der Waals surface area contributed by atoms with Gasteiger partial charge in [0.25, 0.3) is 0 Å². The zero-order chi connectivity index (χ0) is 23.4. The molecule has 0 aliphatic heterocycles. The molecule has 2 N–H and O–H groups in total. The summed E-state index contributed by atoms with van der Waals surface area (Å²) in [4.78, 5) is 0. The fourth-order valence-corrected chi connectivity index (χ4v) is 3.61. The molecule has 0 fully saturated rings.